The molecule has 1 aliphatic rings. The lowest BCUT2D eigenvalue weighted by molar-refractivity contribution is -0.385. The highest BCUT2D eigenvalue weighted by molar-refractivity contribution is 5.86. The summed E-state index contributed by atoms with van der Waals surface area (Å²) in [7, 11) is 0. The van der Waals surface area contributed by atoms with Crippen LogP contribution in [0.2, 0.25) is 0 Å². The maximum atomic E-state index is 11.5. The van der Waals surface area contributed by atoms with Crippen LogP contribution >= 0.6 is 0 Å². The van der Waals surface area contributed by atoms with Crippen molar-refractivity contribution in [3.63, 3.8) is 0 Å². The molecule has 3 rings (SSSR count). The average Bonchev–Trinajstić information content (AvgIpc) is 2.68. The van der Waals surface area contributed by atoms with Crippen molar-refractivity contribution in [2.75, 3.05) is 0 Å². The molecule has 0 spiro atoms. The van der Waals surface area contributed by atoms with E-state index < -0.39 is 10.3 Å². The van der Waals surface area contributed by atoms with Crippen LogP contribution in [0.5, 0.6) is 5.75 Å². The van der Waals surface area contributed by atoms with E-state index in [0.29, 0.717) is 17.0 Å². The van der Waals surface area contributed by atoms with Crippen LogP contribution in [0.25, 0.3) is 0 Å². The van der Waals surface area contributed by atoms with Gasteiger partial charge in [-0.2, -0.15) is 0 Å². The molecule has 0 bridgehead atoms. The largest absolute Gasteiger partial charge is 0.507 e. The number of nitro benzene ring substituents is 1. The van der Waals surface area contributed by atoms with Crippen molar-refractivity contribution in [3.8, 4) is 5.75 Å². The Morgan fingerprint density at radius 1 is 1.18 bits per heavy atom. The van der Waals surface area contributed by atoms with E-state index in [1.54, 1.807) is 6.21 Å². The highest BCUT2D eigenvalue weighted by atomic mass is 16.6. The molecule has 5 nitrogen and oxygen atoms in total. The lowest BCUT2D eigenvalue weighted by atomic mass is 9.77. The summed E-state index contributed by atoms with van der Waals surface area (Å²) >= 11 is 0. The monoisotopic (exact) mass is 380 g/mol. The van der Waals surface area contributed by atoms with Gasteiger partial charge in [0.25, 0.3) is 5.69 Å². The second-order valence-electron chi connectivity index (χ2n) is 8.29. The summed E-state index contributed by atoms with van der Waals surface area (Å²) in [6, 6.07) is 12.8. The summed E-state index contributed by atoms with van der Waals surface area (Å²) in [5.74, 6) is 0.553. The molecule has 0 aliphatic heterocycles. The summed E-state index contributed by atoms with van der Waals surface area (Å²) < 4.78 is 0. The van der Waals surface area contributed by atoms with Gasteiger partial charge >= 0.3 is 0 Å². The number of phenolic OH excluding ortho intramolecular Hbond substituents is 1. The number of hydrogen-bond acceptors (Lipinski definition) is 4. The van der Waals surface area contributed by atoms with E-state index in [1.807, 2.05) is 44.2 Å². The molecule has 1 aliphatic carbocycles. The van der Waals surface area contributed by atoms with Crippen molar-refractivity contribution in [3.05, 3.63) is 69.3 Å². The Balaban J connectivity index is 2.05. The molecule has 0 heterocycles. The van der Waals surface area contributed by atoms with Crippen molar-refractivity contribution in [2.24, 2.45) is 10.9 Å². The second-order valence-corrected chi connectivity index (χ2v) is 8.29. The Morgan fingerprint density at radius 2 is 1.86 bits per heavy atom. The fourth-order valence-corrected chi connectivity index (χ4v) is 4.03. The zero-order chi connectivity index (χ0) is 20.3. The highest BCUT2D eigenvalue weighted by Crippen LogP contribution is 2.40. The molecule has 148 valence electrons. The number of aliphatic imine (C=N–C) groups is 1. The maximum absolute atomic E-state index is 11.5. The van der Waals surface area contributed by atoms with E-state index >= 15 is 0 Å². The molecule has 0 radical (unpaired) electrons. The van der Waals surface area contributed by atoms with Crippen LogP contribution in [-0.2, 0) is 5.41 Å². The first-order chi connectivity index (χ1) is 13.3. The Hall–Kier alpha value is -2.69. The number of rotatable bonds is 5. The van der Waals surface area contributed by atoms with Crippen molar-refractivity contribution in [1.29, 1.82) is 0 Å². The maximum Gasteiger partial charge on any atom is 0.270 e. The fraction of sp³-hybridized carbons (Fsp3) is 0.435. The molecular weight excluding hydrogens is 352 g/mol. The predicted molar refractivity (Wildman–Crippen MR) is 112 cm³/mol. The number of aromatic hydroxyl groups is 1. The third-order valence-corrected chi connectivity index (χ3v) is 5.98. The standard InChI is InChI=1S/C23H28N2O3/c1-16-9-7-8-12-21(16)24-15-17-13-19(25(27)28)14-20(22(17)26)23(2,3)18-10-5-4-6-11-18/h4-6,10-11,13-16,21,26H,7-9,12H2,1-3H3. The normalized spacial score (nSPS) is 20.4. The molecule has 2 aromatic rings. The van der Waals surface area contributed by atoms with Crippen LogP contribution in [0.1, 0.15) is 63.1 Å². The van der Waals surface area contributed by atoms with Gasteiger partial charge in [-0.3, -0.25) is 15.1 Å². The van der Waals surface area contributed by atoms with Gasteiger partial charge in [0.2, 0.25) is 0 Å². The van der Waals surface area contributed by atoms with Crippen molar-refractivity contribution < 1.29 is 10.0 Å². The Labute approximate surface area is 166 Å². The van der Waals surface area contributed by atoms with Gasteiger partial charge in [-0.05, 0) is 24.3 Å². The number of phenols is 1. The van der Waals surface area contributed by atoms with Crippen LogP contribution in [0.4, 0.5) is 5.69 Å². The molecular formula is C23H28N2O3. The van der Waals surface area contributed by atoms with E-state index in [1.165, 1.54) is 18.6 Å². The van der Waals surface area contributed by atoms with Gasteiger partial charge in [-0.25, -0.2) is 0 Å². The van der Waals surface area contributed by atoms with Crippen LogP contribution in [0.3, 0.4) is 0 Å². The van der Waals surface area contributed by atoms with Gasteiger partial charge in [0.05, 0.1) is 11.0 Å². The van der Waals surface area contributed by atoms with Crippen LogP contribution in [0, 0.1) is 16.0 Å². The molecule has 2 atom stereocenters. The smallest absolute Gasteiger partial charge is 0.270 e. The third kappa shape index (κ3) is 4.08. The minimum absolute atomic E-state index is 0.0325. The van der Waals surface area contributed by atoms with Crippen LogP contribution in [-0.4, -0.2) is 22.3 Å². The van der Waals surface area contributed by atoms with Gasteiger partial charge in [-0.1, -0.05) is 63.9 Å². The second kappa shape index (κ2) is 8.13. The summed E-state index contributed by atoms with van der Waals surface area (Å²) in [6.45, 7) is 6.12. The van der Waals surface area contributed by atoms with E-state index in [-0.39, 0.29) is 17.5 Å². The minimum Gasteiger partial charge on any atom is -0.507 e. The number of nitro groups is 1. The first kappa shape index (κ1) is 20.1. The molecule has 2 unspecified atom stereocenters. The summed E-state index contributed by atoms with van der Waals surface area (Å²) in [5, 5.41) is 22.5. The number of non-ortho nitro benzene ring substituents is 1. The molecule has 28 heavy (non-hydrogen) atoms. The molecule has 0 saturated heterocycles. The first-order valence-electron chi connectivity index (χ1n) is 9.91. The number of hydrogen-bond donors (Lipinski definition) is 1. The number of benzene rings is 2. The van der Waals surface area contributed by atoms with Crippen molar-refractivity contribution in [2.45, 2.75) is 57.9 Å². The molecule has 0 amide bonds. The Kier molecular flexibility index (Phi) is 5.82. The van der Waals surface area contributed by atoms with Crippen molar-refractivity contribution in [1.82, 2.24) is 0 Å². The van der Waals surface area contributed by atoms with Gasteiger partial charge in [0.1, 0.15) is 5.75 Å². The molecule has 1 saturated carbocycles. The molecule has 5 heteroatoms. The lowest BCUT2D eigenvalue weighted by Crippen LogP contribution is -2.21. The molecule has 1 fully saturated rings. The molecule has 2 aromatic carbocycles. The first-order valence-corrected chi connectivity index (χ1v) is 9.91. The van der Waals surface area contributed by atoms with Gasteiger partial charge in [-0.15, -0.1) is 0 Å². The quantitative estimate of drug-likeness (QED) is 0.415. The SMILES string of the molecule is CC1CCCCC1N=Cc1cc([N+](=O)[O-])cc(C(C)(C)c2ccccc2)c1O. The summed E-state index contributed by atoms with van der Waals surface area (Å²) in [4.78, 5) is 15.8. The zero-order valence-corrected chi connectivity index (χ0v) is 16.8. The third-order valence-electron chi connectivity index (χ3n) is 5.98. The molecule has 0 aromatic heterocycles. The van der Waals surface area contributed by atoms with Gasteiger partial charge in [0, 0.05) is 34.9 Å². The van der Waals surface area contributed by atoms with E-state index in [2.05, 4.69) is 11.9 Å². The predicted octanol–water partition coefficient (Wildman–Crippen LogP) is 5.62. The van der Waals surface area contributed by atoms with Gasteiger partial charge in [0.15, 0.2) is 0 Å². The van der Waals surface area contributed by atoms with Crippen LogP contribution < -0.4 is 0 Å². The highest BCUT2D eigenvalue weighted by Gasteiger charge is 2.30. The fourth-order valence-electron chi connectivity index (χ4n) is 4.03. The van der Waals surface area contributed by atoms with Crippen molar-refractivity contribution >= 4 is 11.9 Å². The summed E-state index contributed by atoms with van der Waals surface area (Å²) in [5.41, 5.74) is 1.31. The van der Waals surface area contributed by atoms with E-state index in [9.17, 15) is 15.2 Å². The Bertz CT molecular complexity index is 875. The lowest BCUT2D eigenvalue weighted by Gasteiger charge is -2.27. The number of nitrogens with zero attached hydrogens (tertiary/aromatic N) is 2. The van der Waals surface area contributed by atoms with E-state index in [4.69, 9.17) is 0 Å². The zero-order valence-electron chi connectivity index (χ0n) is 16.8. The topological polar surface area (TPSA) is 75.7 Å². The average molecular weight is 380 g/mol. The molecule has 1 N–H and O–H groups in total. The summed E-state index contributed by atoms with van der Waals surface area (Å²) in [6.07, 6.45) is 6.18. The minimum atomic E-state index is -0.585. The van der Waals surface area contributed by atoms with E-state index in [0.717, 1.165) is 24.8 Å². The van der Waals surface area contributed by atoms with Gasteiger partial charge < -0.3 is 5.11 Å². The Morgan fingerprint density at radius 3 is 2.50 bits per heavy atom. The van der Waals surface area contributed by atoms with Crippen LogP contribution in [0.15, 0.2) is 47.5 Å².